The van der Waals surface area contributed by atoms with Crippen LogP contribution in [0.5, 0.6) is 0 Å². The van der Waals surface area contributed by atoms with E-state index < -0.39 is 6.00 Å². The van der Waals surface area contributed by atoms with Gasteiger partial charge in [0, 0.05) is 0 Å². The van der Waals surface area contributed by atoms with Crippen molar-refractivity contribution in [2.75, 3.05) is 0 Å². The molecule has 0 aliphatic heterocycles. The molecule has 0 heterocycles. The van der Waals surface area contributed by atoms with Gasteiger partial charge in [-0.1, -0.05) is 96.8 Å². The minimum Gasteiger partial charge on any atom is -0.126 e. The molecule has 0 fully saturated rings. The summed E-state index contributed by atoms with van der Waals surface area (Å²) in [5.41, 5.74) is 0. The second-order valence-electron chi connectivity index (χ2n) is 5.96. The number of rotatable bonds is 15. The van der Waals surface area contributed by atoms with Gasteiger partial charge in [-0.2, -0.15) is 0 Å². The maximum absolute atomic E-state index is 5.85. The van der Waals surface area contributed by atoms with E-state index in [-0.39, 0.29) is 11.0 Å². The zero-order chi connectivity index (χ0) is 15.1. The number of hydrogen-bond donors (Lipinski definition) is 0. The number of hydrogen-bond acceptors (Lipinski definition) is 0. The Hall–Kier alpha value is 1.30. The lowest BCUT2D eigenvalue weighted by Crippen LogP contribution is -2.07. The molecule has 0 amide bonds. The van der Waals surface area contributed by atoms with Crippen LogP contribution in [0.3, 0.4) is 0 Å². The van der Waals surface area contributed by atoms with Crippen molar-refractivity contribution in [2.24, 2.45) is 0 Å². The van der Waals surface area contributed by atoms with Crippen LogP contribution in [-0.2, 0) is 0 Å². The molecule has 0 atom stereocenters. The maximum Gasteiger partial charge on any atom is 0.341 e. The average Bonchev–Trinajstić information content (AvgIpc) is 2.38. The van der Waals surface area contributed by atoms with E-state index in [4.69, 9.17) is 33.2 Å². The van der Waals surface area contributed by atoms with Gasteiger partial charge >= 0.3 is 6.00 Å². The third-order valence-electron chi connectivity index (χ3n) is 3.81. The molecule has 0 saturated heterocycles. The SMILES string of the molecule is CCCCCCCCCCCCCCCC[Si](Cl)(Cl)Cl.[SiH4]. The van der Waals surface area contributed by atoms with Crippen molar-refractivity contribution in [1.29, 1.82) is 0 Å². The molecule has 130 valence electrons. The van der Waals surface area contributed by atoms with Crippen molar-refractivity contribution in [3.05, 3.63) is 0 Å². The van der Waals surface area contributed by atoms with Crippen molar-refractivity contribution in [1.82, 2.24) is 0 Å². The number of unbranched alkanes of at least 4 members (excludes halogenated alkanes) is 13. The highest BCUT2D eigenvalue weighted by Crippen LogP contribution is 2.27. The fraction of sp³-hybridized carbons (Fsp3) is 1.00. The van der Waals surface area contributed by atoms with Crippen molar-refractivity contribution < 1.29 is 0 Å². The monoisotopic (exact) mass is 390 g/mol. The Kier molecular flexibility index (Phi) is 20.6. The quantitative estimate of drug-likeness (QED) is 0.166. The summed E-state index contributed by atoms with van der Waals surface area (Å²) in [6, 6.07) is -1.51. The van der Waals surface area contributed by atoms with Crippen molar-refractivity contribution in [3.63, 3.8) is 0 Å². The van der Waals surface area contributed by atoms with Crippen LogP contribution in [0.25, 0.3) is 0 Å². The predicted molar refractivity (Wildman–Crippen MR) is 110 cm³/mol. The summed E-state index contributed by atoms with van der Waals surface area (Å²) >= 11 is 17.6. The van der Waals surface area contributed by atoms with Crippen molar-refractivity contribution in [3.8, 4) is 0 Å². The average molecular weight is 392 g/mol. The lowest BCUT2D eigenvalue weighted by Gasteiger charge is -2.06. The first-order chi connectivity index (χ1) is 9.56. The van der Waals surface area contributed by atoms with Crippen molar-refractivity contribution in [2.45, 2.75) is 103 Å². The summed E-state index contributed by atoms with van der Waals surface area (Å²) in [5, 5.41) is 0. The van der Waals surface area contributed by atoms with E-state index in [1.807, 2.05) is 0 Å². The first kappa shape index (κ1) is 24.6. The largest absolute Gasteiger partial charge is 0.341 e. The summed E-state index contributed by atoms with van der Waals surface area (Å²) in [4.78, 5) is 0. The molecular weight excluding hydrogens is 355 g/mol. The second-order valence-corrected chi connectivity index (χ2v) is 15.2. The normalized spacial score (nSPS) is 11.4. The van der Waals surface area contributed by atoms with Gasteiger partial charge in [-0.05, 0) is 17.0 Å². The molecule has 0 spiro atoms. The third-order valence-corrected chi connectivity index (χ3v) is 6.44. The highest BCUT2D eigenvalue weighted by Gasteiger charge is 2.23. The van der Waals surface area contributed by atoms with E-state index in [2.05, 4.69) is 6.92 Å². The summed E-state index contributed by atoms with van der Waals surface area (Å²) in [7, 11) is 0. The van der Waals surface area contributed by atoms with Crippen LogP contribution in [0.15, 0.2) is 0 Å². The van der Waals surface area contributed by atoms with Gasteiger partial charge in [0.25, 0.3) is 0 Å². The maximum atomic E-state index is 5.85. The van der Waals surface area contributed by atoms with E-state index in [1.165, 1.54) is 83.5 Å². The molecule has 0 aromatic heterocycles. The molecule has 0 aliphatic carbocycles. The molecule has 0 unspecified atom stereocenters. The topological polar surface area (TPSA) is 0 Å². The molecular formula is C16H37Cl3Si2. The molecule has 0 bridgehead atoms. The van der Waals surface area contributed by atoms with E-state index in [0.29, 0.717) is 0 Å². The van der Waals surface area contributed by atoms with Gasteiger partial charge < -0.3 is 0 Å². The first-order valence-corrected chi connectivity index (χ1v) is 13.9. The molecule has 5 heteroatoms. The molecule has 0 rings (SSSR count). The Morgan fingerprint density at radius 1 is 0.524 bits per heavy atom. The summed E-state index contributed by atoms with van der Waals surface area (Å²) in [6.07, 6.45) is 19.2. The van der Waals surface area contributed by atoms with Crippen LogP contribution in [0.2, 0.25) is 6.04 Å². The Labute approximate surface area is 152 Å². The Balaban J connectivity index is 0. The lowest BCUT2D eigenvalue weighted by atomic mass is 10.0. The molecule has 0 aromatic rings. The van der Waals surface area contributed by atoms with Gasteiger partial charge in [-0.3, -0.25) is 0 Å². The van der Waals surface area contributed by atoms with E-state index in [0.717, 1.165) is 12.5 Å². The first-order valence-electron chi connectivity index (χ1n) is 8.63. The lowest BCUT2D eigenvalue weighted by molar-refractivity contribution is 0.538. The van der Waals surface area contributed by atoms with Gasteiger partial charge in [0.05, 0.1) is 0 Å². The van der Waals surface area contributed by atoms with Crippen LogP contribution in [0, 0.1) is 0 Å². The van der Waals surface area contributed by atoms with Crippen molar-refractivity contribution >= 4 is 50.2 Å². The Morgan fingerprint density at radius 3 is 1.10 bits per heavy atom. The van der Waals surface area contributed by atoms with Crippen LogP contribution in [0.1, 0.15) is 96.8 Å². The zero-order valence-corrected chi connectivity index (χ0v) is 16.5. The summed E-state index contributed by atoms with van der Waals surface area (Å²) in [5.74, 6) is 0. The van der Waals surface area contributed by atoms with Crippen LogP contribution >= 0.6 is 33.2 Å². The number of halogens is 3. The standard InChI is InChI=1S/C16H33Cl3Si.H4Si/c1-2-3-4-5-6-7-8-9-10-11-12-13-14-15-16-20(17,18)19;/h2-16H2,1H3;1H4. The predicted octanol–water partition coefficient (Wildman–Crippen LogP) is 6.67. The Morgan fingerprint density at radius 2 is 0.810 bits per heavy atom. The smallest absolute Gasteiger partial charge is 0.126 e. The minimum atomic E-state index is -2.34. The highest BCUT2D eigenvalue weighted by atomic mass is 35.8. The van der Waals surface area contributed by atoms with E-state index in [1.54, 1.807) is 0 Å². The van der Waals surface area contributed by atoms with Gasteiger partial charge in [0.1, 0.15) is 0 Å². The van der Waals surface area contributed by atoms with Gasteiger partial charge in [0.2, 0.25) is 0 Å². The molecule has 0 N–H and O–H groups in total. The van der Waals surface area contributed by atoms with E-state index >= 15 is 0 Å². The summed E-state index contributed by atoms with van der Waals surface area (Å²) in [6.45, 7) is 2.28. The molecule has 0 radical (unpaired) electrons. The fourth-order valence-corrected chi connectivity index (χ4v) is 4.37. The minimum absolute atomic E-state index is 0. The zero-order valence-electron chi connectivity index (χ0n) is 13.2. The van der Waals surface area contributed by atoms with Gasteiger partial charge in [-0.25, -0.2) is 0 Å². The molecule has 0 saturated carbocycles. The molecule has 0 aromatic carbocycles. The molecule has 21 heavy (non-hydrogen) atoms. The van der Waals surface area contributed by atoms with Gasteiger partial charge in [0.15, 0.2) is 0 Å². The third kappa shape index (κ3) is 23.7. The van der Waals surface area contributed by atoms with Crippen LogP contribution in [-0.4, -0.2) is 17.0 Å². The second kappa shape index (κ2) is 17.7. The van der Waals surface area contributed by atoms with Crippen LogP contribution in [0.4, 0.5) is 0 Å². The highest BCUT2D eigenvalue weighted by molar-refractivity contribution is 7.64. The fourth-order valence-electron chi connectivity index (χ4n) is 2.52. The van der Waals surface area contributed by atoms with E-state index in [9.17, 15) is 0 Å². The molecule has 0 nitrogen and oxygen atoms in total. The summed E-state index contributed by atoms with van der Waals surface area (Å²) < 4.78 is 0. The van der Waals surface area contributed by atoms with Gasteiger partial charge in [-0.15, -0.1) is 33.2 Å². The Bertz CT molecular complexity index is 196. The van der Waals surface area contributed by atoms with Crippen LogP contribution < -0.4 is 0 Å². The molecule has 0 aliphatic rings.